The summed E-state index contributed by atoms with van der Waals surface area (Å²) in [5.74, 6) is 0. The van der Waals surface area contributed by atoms with Crippen molar-refractivity contribution >= 4 is 32.4 Å². The van der Waals surface area contributed by atoms with Crippen molar-refractivity contribution in [2.75, 3.05) is 0 Å². The molecule has 0 aliphatic rings. The van der Waals surface area contributed by atoms with Gasteiger partial charge in [0, 0.05) is 0 Å². The van der Waals surface area contributed by atoms with Crippen LogP contribution in [0.1, 0.15) is 26.3 Å². The van der Waals surface area contributed by atoms with Crippen molar-refractivity contribution in [2.45, 2.75) is 26.2 Å². The van der Waals surface area contributed by atoms with Gasteiger partial charge >= 0.3 is 88.4 Å². The summed E-state index contributed by atoms with van der Waals surface area (Å²) in [5, 5.41) is 0. The molecule has 0 bridgehead atoms. The summed E-state index contributed by atoms with van der Waals surface area (Å²) in [6.45, 7) is 6.70. The van der Waals surface area contributed by atoms with E-state index in [-0.39, 0.29) is 5.41 Å². The van der Waals surface area contributed by atoms with Gasteiger partial charge in [0.25, 0.3) is 0 Å². The van der Waals surface area contributed by atoms with E-state index in [9.17, 15) is 0 Å². The van der Waals surface area contributed by atoms with Crippen LogP contribution in [0.2, 0.25) is 0 Å². The molecular weight excluding hydrogens is 223 g/mol. The number of hydrogen-bond donors (Lipinski definition) is 2. The van der Waals surface area contributed by atoms with E-state index >= 15 is 0 Å². The molecule has 0 saturated heterocycles. The maximum absolute atomic E-state index is 8.74. The molecule has 1 aromatic rings. The summed E-state index contributed by atoms with van der Waals surface area (Å²) < 4.78 is 32.9. The molecule has 0 fully saturated rings. The summed E-state index contributed by atoms with van der Waals surface area (Å²) in [4.78, 5) is 0. The molecule has 16 heavy (non-hydrogen) atoms. The monoisotopic (exact) mass is 238 g/mol. The Balaban J connectivity index is 0.000000385. The van der Waals surface area contributed by atoms with E-state index in [2.05, 4.69) is 62.8 Å². The van der Waals surface area contributed by atoms with Crippen LogP contribution < -0.4 is 4.24 Å². The van der Waals surface area contributed by atoms with E-state index < -0.39 is 10.4 Å². The normalized spacial score (nSPS) is 11.7. The first-order valence-corrected chi connectivity index (χ1v) is 6.17. The number of rotatable bonds is 0. The first kappa shape index (κ1) is 15.7. The molecule has 0 unspecified atom stereocenters. The second-order valence-electron chi connectivity index (χ2n) is 4.56. The quantitative estimate of drug-likeness (QED) is 0.524. The summed E-state index contributed by atoms with van der Waals surface area (Å²) in [6.07, 6.45) is 0. The third-order valence-electron chi connectivity index (χ3n) is 1.92. The molecule has 0 radical (unpaired) electrons. The van der Waals surface area contributed by atoms with Crippen molar-refractivity contribution in [3.63, 3.8) is 0 Å². The van der Waals surface area contributed by atoms with Crippen LogP contribution in [0.25, 0.3) is 0 Å². The molecule has 0 heterocycles. The van der Waals surface area contributed by atoms with E-state index in [0.29, 0.717) is 0 Å². The van der Waals surface area contributed by atoms with Crippen molar-refractivity contribution in [3.05, 3.63) is 29.8 Å². The van der Waals surface area contributed by atoms with Crippen LogP contribution in [0, 0.1) is 0 Å². The van der Waals surface area contributed by atoms with Gasteiger partial charge in [-0.2, -0.15) is 8.42 Å². The van der Waals surface area contributed by atoms with Gasteiger partial charge in [0.15, 0.2) is 0 Å². The van der Waals surface area contributed by atoms with Gasteiger partial charge in [-0.1, -0.05) is 0 Å². The molecular formula is C10H15LiO4S. The Hall–Kier alpha value is -0.313. The van der Waals surface area contributed by atoms with Crippen molar-refractivity contribution in [1.82, 2.24) is 0 Å². The van der Waals surface area contributed by atoms with Crippen LogP contribution in [0.4, 0.5) is 0 Å². The Labute approximate surface area is 106 Å². The van der Waals surface area contributed by atoms with Crippen molar-refractivity contribution in [2.24, 2.45) is 0 Å². The predicted octanol–water partition coefficient (Wildman–Crippen LogP) is 1.13. The molecule has 2 N–H and O–H groups in total. The Bertz CT molecular complexity index is 409. The Morgan fingerprint density at radius 3 is 1.62 bits per heavy atom. The van der Waals surface area contributed by atoms with E-state index in [1.807, 2.05) is 0 Å². The molecule has 1 rings (SSSR count). The van der Waals surface area contributed by atoms with E-state index in [0.717, 1.165) is 0 Å². The molecule has 0 aliphatic heterocycles. The van der Waals surface area contributed by atoms with Crippen LogP contribution in [-0.4, -0.2) is 35.2 Å². The van der Waals surface area contributed by atoms with Gasteiger partial charge in [-0.05, 0) is 0 Å². The van der Waals surface area contributed by atoms with Crippen molar-refractivity contribution in [3.8, 4) is 0 Å². The average molecular weight is 238 g/mol. The summed E-state index contributed by atoms with van der Waals surface area (Å²) in [6, 6.07) is 8.74. The maximum atomic E-state index is 8.74. The molecule has 0 aromatic heterocycles. The zero-order valence-electron chi connectivity index (χ0n) is 9.93. The Kier molecular flexibility index (Phi) is 5.74. The van der Waals surface area contributed by atoms with Crippen LogP contribution in [0.15, 0.2) is 24.3 Å². The molecule has 4 nitrogen and oxygen atoms in total. The Morgan fingerprint density at radius 1 is 1.06 bits per heavy atom. The summed E-state index contributed by atoms with van der Waals surface area (Å²) in [5.41, 5.74) is 1.69. The predicted molar refractivity (Wildman–Crippen MR) is 64.7 cm³/mol. The second-order valence-corrected chi connectivity index (χ2v) is 5.46. The topological polar surface area (TPSA) is 74.6 Å². The molecule has 0 atom stereocenters. The summed E-state index contributed by atoms with van der Waals surface area (Å²) >= 11 is 2.12. The van der Waals surface area contributed by atoms with Crippen LogP contribution in [0.5, 0.6) is 0 Å². The van der Waals surface area contributed by atoms with E-state index in [1.165, 1.54) is 9.80 Å². The second kappa shape index (κ2) is 5.85. The zero-order chi connectivity index (χ0) is 13.0. The standard InChI is InChI=1S/C10H13.Li.H2O4S/c1-10(2,3)9-7-5-4-6-8-9;;1-5(2,3)4/h5-8H,1-3H3;;(H2,1,2,3,4). The SMILES string of the molecule is O=S(=O)(O)O.[Li][c]1ccc(C(C)(C)C)cc1. The van der Waals surface area contributed by atoms with Gasteiger partial charge in [0.2, 0.25) is 0 Å². The van der Waals surface area contributed by atoms with Crippen molar-refractivity contribution in [1.29, 1.82) is 0 Å². The molecule has 1 aromatic carbocycles. The number of benzene rings is 1. The molecule has 0 amide bonds. The van der Waals surface area contributed by atoms with Gasteiger partial charge in [-0.25, -0.2) is 0 Å². The fraction of sp³-hybridized carbons (Fsp3) is 0.400. The minimum atomic E-state index is -4.67. The van der Waals surface area contributed by atoms with Crippen LogP contribution >= 0.6 is 0 Å². The van der Waals surface area contributed by atoms with Gasteiger partial charge in [0.1, 0.15) is 0 Å². The van der Waals surface area contributed by atoms with Crippen LogP contribution in [0.3, 0.4) is 0 Å². The molecule has 0 aliphatic carbocycles. The van der Waals surface area contributed by atoms with E-state index in [4.69, 9.17) is 17.5 Å². The van der Waals surface area contributed by atoms with Crippen molar-refractivity contribution < 1.29 is 17.5 Å². The zero-order valence-corrected chi connectivity index (χ0v) is 10.7. The number of hydrogen-bond acceptors (Lipinski definition) is 2. The van der Waals surface area contributed by atoms with Gasteiger partial charge < -0.3 is 0 Å². The Morgan fingerprint density at radius 2 is 1.38 bits per heavy atom. The first-order valence-electron chi connectivity index (χ1n) is 4.77. The first-order chi connectivity index (χ1) is 7.00. The molecule has 6 heteroatoms. The molecule has 86 valence electrons. The minimum absolute atomic E-state index is 0.285. The van der Waals surface area contributed by atoms with E-state index in [1.54, 1.807) is 0 Å². The molecule has 0 spiro atoms. The van der Waals surface area contributed by atoms with Gasteiger partial charge in [0.05, 0.1) is 0 Å². The average Bonchev–Trinajstić information content (AvgIpc) is 1.99. The summed E-state index contributed by atoms with van der Waals surface area (Å²) in [7, 11) is -4.67. The third kappa shape index (κ3) is 8.95. The molecule has 0 saturated carbocycles. The fourth-order valence-corrected chi connectivity index (χ4v) is 1.05. The fourth-order valence-electron chi connectivity index (χ4n) is 1.05. The van der Waals surface area contributed by atoms with Gasteiger partial charge in [-0.15, -0.1) is 0 Å². The van der Waals surface area contributed by atoms with Crippen LogP contribution in [-0.2, 0) is 15.8 Å². The van der Waals surface area contributed by atoms with Gasteiger partial charge in [-0.3, -0.25) is 9.11 Å². The third-order valence-corrected chi connectivity index (χ3v) is 1.92.